The molecule has 2 nitrogen and oxygen atoms in total. The summed E-state index contributed by atoms with van der Waals surface area (Å²) in [6, 6.07) is 0. The Kier molecular flexibility index (Phi) is 13.0. The van der Waals surface area contributed by atoms with Crippen LogP contribution in [0, 0.1) is 11.8 Å². The van der Waals surface area contributed by atoms with Gasteiger partial charge in [-0.25, -0.2) is 0 Å². The van der Waals surface area contributed by atoms with E-state index in [0.717, 1.165) is 31.6 Å². The largest absolute Gasteiger partial charge is 0.300 e. The first-order valence-corrected chi connectivity index (χ1v) is 11.2. The van der Waals surface area contributed by atoms with Gasteiger partial charge in [-0.15, -0.1) is 0 Å². The molecular formula is C23H42O2. The maximum absolute atomic E-state index is 12.3. The van der Waals surface area contributed by atoms with Crippen molar-refractivity contribution in [2.45, 2.75) is 123 Å². The predicted octanol–water partition coefficient (Wildman–Crippen LogP) is 7.04. The van der Waals surface area contributed by atoms with Crippen LogP contribution in [0.25, 0.3) is 0 Å². The highest BCUT2D eigenvalue weighted by Crippen LogP contribution is 2.36. The Labute approximate surface area is 156 Å². The Hall–Kier alpha value is -0.660. The molecule has 0 amide bonds. The third kappa shape index (κ3) is 10.8. The number of carbonyl (C=O) groups is 2. The second-order valence-electron chi connectivity index (χ2n) is 8.25. The minimum absolute atomic E-state index is 0.364. The lowest BCUT2D eigenvalue weighted by Gasteiger charge is -2.31. The number of unbranched alkanes of at least 4 members (excludes halogenated alkanes) is 5. The van der Waals surface area contributed by atoms with E-state index in [-0.39, 0.29) is 0 Å². The van der Waals surface area contributed by atoms with E-state index in [1.165, 1.54) is 70.6 Å². The van der Waals surface area contributed by atoms with Crippen LogP contribution in [0.4, 0.5) is 0 Å². The molecule has 0 N–H and O–H groups in total. The van der Waals surface area contributed by atoms with E-state index >= 15 is 0 Å². The maximum atomic E-state index is 12.3. The Balaban J connectivity index is 2.13. The number of carbonyl (C=O) groups excluding carboxylic acids is 2. The van der Waals surface area contributed by atoms with Crippen LogP contribution in [0.1, 0.15) is 123 Å². The first kappa shape index (κ1) is 22.4. The zero-order valence-electron chi connectivity index (χ0n) is 17.0. The first-order valence-electron chi connectivity index (χ1n) is 11.2. The van der Waals surface area contributed by atoms with Gasteiger partial charge >= 0.3 is 0 Å². The number of rotatable bonds is 15. The second kappa shape index (κ2) is 14.5. The summed E-state index contributed by atoms with van der Waals surface area (Å²) in [6.07, 6.45) is 18.6. The molecule has 146 valence electrons. The van der Waals surface area contributed by atoms with Crippen molar-refractivity contribution in [2.75, 3.05) is 0 Å². The highest BCUT2D eigenvalue weighted by Gasteiger charge is 2.26. The molecule has 1 fully saturated rings. The minimum atomic E-state index is 0.364. The summed E-state index contributed by atoms with van der Waals surface area (Å²) in [6.45, 7) is 4.46. The van der Waals surface area contributed by atoms with Crippen LogP contribution in [0.3, 0.4) is 0 Å². The normalized spacial score (nSPS) is 20.6. The van der Waals surface area contributed by atoms with Crippen LogP contribution in [0.2, 0.25) is 0 Å². The smallest absolute Gasteiger partial charge is 0.133 e. The van der Waals surface area contributed by atoms with E-state index in [1.807, 2.05) is 0 Å². The summed E-state index contributed by atoms with van der Waals surface area (Å²) in [7, 11) is 0. The van der Waals surface area contributed by atoms with Gasteiger partial charge in [-0.1, -0.05) is 78.1 Å². The van der Waals surface area contributed by atoms with Gasteiger partial charge in [0.25, 0.3) is 0 Å². The Morgan fingerprint density at radius 2 is 1.28 bits per heavy atom. The van der Waals surface area contributed by atoms with Gasteiger partial charge in [0.1, 0.15) is 11.6 Å². The molecule has 1 rings (SSSR count). The maximum Gasteiger partial charge on any atom is 0.133 e. The van der Waals surface area contributed by atoms with Crippen molar-refractivity contribution in [2.24, 2.45) is 11.8 Å². The summed E-state index contributed by atoms with van der Waals surface area (Å²) in [5.41, 5.74) is 0. The average molecular weight is 351 g/mol. The number of hydrogen-bond donors (Lipinski definition) is 0. The van der Waals surface area contributed by atoms with E-state index in [9.17, 15) is 9.59 Å². The van der Waals surface area contributed by atoms with Gasteiger partial charge < -0.3 is 0 Å². The van der Waals surface area contributed by atoms with Gasteiger partial charge in [-0.3, -0.25) is 9.59 Å². The molecule has 25 heavy (non-hydrogen) atoms. The highest BCUT2D eigenvalue weighted by atomic mass is 16.1. The molecule has 0 aromatic heterocycles. The molecule has 1 aliphatic carbocycles. The predicted molar refractivity (Wildman–Crippen MR) is 107 cm³/mol. The fourth-order valence-corrected chi connectivity index (χ4v) is 4.33. The van der Waals surface area contributed by atoms with Gasteiger partial charge in [0.2, 0.25) is 0 Å². The number of ketones is 2. The van der Waals surface area contributed by atoms with Crippen molar-refractivity contribution in [3.05, 3.63) is 0 Å². The van der Waals surface area contributed by atoms with E-state index in [2.05, 4.69) is 13.8 Å². The van der Waals surface area contributed by atoms with Crippen LogP contribution in [-0.2, 0) is 9.59 Å². The quantitative estimate of drug-likeness (QED) is 0.297. The lowest BCUT2D eigenvalue weighted by Crippen LogP contribution is -2.22. The van der Waals surface area contributed by atoms with Crippen molar-refractivity contribution in [3.63, 3.8) is 0 Å². The molecule has 2 unspecified atom stereocenters. The zero-order chi connectivity index (χ0) is 18.3. The summed E-state index contributed by atoms with van der Waals surface area (Å²) < 4.78 is 0. The van der Waals surface area contributed by atoms with E-state index in [1.54, 1.807) is 0 Å². The van der Waals surface area contributed by atoms with Gasteiger partial charge in [-0.2, -0.15) is 0 Å². The number of hydrogen-bond acceptors (Lipinski definition) is 2. The van der Waals surface area contributed by atoms with Gasteiger partial charge in [0.15, 0.2) is 0 Å². The molecule has 0 heterocycles. The third-order valence-corrected chi connectivity index (χ3v) is 5.96. The summed E-state index contributed by atoms with van der Waals surface area (Å²) in [5, 5.41) is 0. The van der Waals surface area contributed by atoms with E-state index < -0.39 is 0 Å². The second-order valence-corrected chi connectivity index (χ2v) is 8.25. The van der Waals surface area contributed by atoms with Crippen molar-refractivity contribution in [3.8, 4) is 0 Å². The zero-order valence-corrected chi connectivity index (χ0v) is 17.0. The van der Waals surface area contributed by atoms with E-state index in [4.69, 9.17) is 0 Å². The molecule has 0 spiro atoms. The molecule has 0 aromatic rings. The van der Waals surface area contributed by atoms with Crippen molar-refractivity contribution in [1.82, 2.24) is 0 Å². The van der Waals surface area contributed by atoms with Gasteiger partial charge in [0.05, 0.1) is 0 Å². The van der Waals surface area contributed by atoms with E-state index in [0.29, 0.717) is 30.3 Å². The first-order chi connectivity index (χ1) is 12.2. The van der Waals surface area contributed by atoms with Gasteiger partial charge in [-0.05, 0) is 31.1 Å². The van der Waals surface area contributed by atoms with Crippen LogP contribution in [0.15, 0.2) is 0 Å². The molecule has 0 aliphatic heterocycles. The standard InChI is InChI=1S/C23H42O2/c1-3-5-7-8-9-16-22(24)17-12-18-23(25)19-21-15-11-10-14-20(21)13-6-4-2/h20-21H,3-19H2,1-2H3. The molecule has 0 bridgehead atoms. The Morgan fingerprint density at radius 1 is 0.680 bits per heavy atom. The monoisotopic (exact) mass is 350 g/mol. The summed E-state index contributed by atoms with van der Waals surface area (Å²) in [4.78, 5) is 24.2. The Bertz CT molecular complexity index is 361. The van der Waals surface area contributed by atoms with Crippen LogP contribution >= 0.6 is 0 Å². The van der Waals surface area contributed by atoms with Gasteiger partial charge in [0, 0.05) is 25.7 Å². The molecule has 2 heteroatoms. The van der Waals surface area contributed by atoms with Crippen LogP contribution < -0.4 is 0 Å². The topological polar surface area (TPSA) is 34.1 Å². The lowest BCUT2D eigenvalue weighted by molar-refractivity contribution is -0.121. The van der Waals surface area contributed by atoms with Crippen LogP contribution in [0.5, 0.6) is 0 Å². The number of Topliss-reactive ketones (excluding diaryl/α,β-unsaturated/α-hetero) is 2. The highest BCUT2D eigenvalue weighted by molar-refractivity contribution is 5.81. The van der Waals surface area contributed by atoms with Crippen molar-refractivity contribution in [1.29, 1.82) is 0 Å². The molecule has 0 saturated heterocycles. The fourth-order valence-electron chi connectivity index (χ4n) is 4.33. The summed E-state index contributed by atoms with van der Waals surface area (Å²) >= 11 is 0. The van der Waals surface area contributed by atoms with Crippen molar-refractivity contribution >= 4 is 11.6 Å². The molecular weight excluding hydrogens is 308 g/mol. The molecule has 0 radical (unpaired) electrons. The average Bonchev–Trinajstić information content (AvgIpc) is 2.61. The third-order valence-electron chi connectivity index (χ3n) is 5.96. The summed E-state index contributed by atoms with van der Waals surface area (Å²) in [5.74, 6) is 2.18. The fraction of sp³-hybridized carbons (Fsp3) is 0.913. The molecule has 1 saturated carbocycles. The molecule has 1 aliphatic rings. The minimum Gasteiger partial charge on any atom is -0.300 e. The lowest BCUT2D eigenvalue weighted by atomic mass is 9.74. The SMILES string of the molecule is CCCCCCCC(=O)CCCC(=O)CC1CCCCC1CCCC. The molecule has 0 aromatic carbocycles. The van der Waals surface area contributed by atoms with Crippen molar-refractivity contribution < 1.29 is 9.59 Å². The Morgan fingerprint density at radius 3 is 2.00 bits per heavy atom. The molecule has 2 atom stereocenters. The van der Waals surface area contributed by atoms with Crippen LogP contribution in [-0.4, -0.2) is 11.6 Å².